The zero-order valence-corrected chi connectivity index (χ0v) is 16.6. The Balaban J connectivity index is 1.68. The number of aliphatic hydroxyl groups is 2. The first-order valence-electron chi connectivity index (χ1n) is 10.1. The van der Waals surface area contributed by atoms with Gasteiger partial charge in [-0.15, -0.1) is 0 Å². The molecule has 0 bridgehead atoms. The van der Waals surface area contributed by atoms with E-state index in [0.717, 1.165) is 0 Å². The van der Waals surface area contributed by atoms with Crippen molar-refractivity contribution in [2.75, 3.05) is 0 Å². The second-order valence-corrected chi connectivity index (χ2v) is 10.6. The first-order chi connectivity index (χ1) is 13.4. The quantitative estimate of drug-likeness (QED) is 0.408. The van der Waals surface area contributed by atoms with Crippen molar-refractivity contribution in [1.82, 2.24) is 0 Å². The third-order valence-corrected chi connectivity index (χ3v) is 8.97. The van der Waals surface area contributed by atoms with E-state index in [2.05, 4.69) is 0 Å². The number of carbonyl (C=O) groups excluding carboxylic acids is 3. The van der Waals surface area contributed by atoms with Gasteiger partial charge >= 0.3 is 17.9 Å². The van der Waals surface area contributed by atoms with Crippen LogP contribution in [-0.2, 0) is 33.3 Å². The van der Waals surface area contributed by atoms with E-state index in [1.165, 1.54) is 6.92 Å². The molecule has 9 nitrogen and oxygen atoms in total. The zero-order chi connectivity index (χ0) is 20.9. The Labute approximate surface area is 166 Å². The smallest absolute Gasteiger partial charge is 0.342 e. The lowest BCUT2D eigenvalue weighted by Crippen LogP contribution is -2.66. The molecule has 0 radical (unpaired) electrons. The standard InChI is InChI=1S/C20H24O9/c1-7-12(22)26-10-6-17-9-5-8(16(2,3)4)18(17)11(21)13(23)28-15(18)29-20(17,14(24)27-9)19(7,10)25/h7-11,15,21,25H,5-6H2,1-4H3/t7-,8+,9-,10+,11?,15?,17?,18?,19-,20-/m1/s1. The molecular weight excluding hydrogens is 384 g/mol. The fourth-order valence-electron chi connectivity index (χ4n) is 8.06. The Kier molecular flexibility index (Phi) is 2.79. The summed E-state index contributed by atoms with van der Waals surface area (Å²) in [7, 11) is 0. The van der Waals surface area contributed by atoms with Gasteiger partial charge in [-0.25, -0.2) is 9.59 Å². The summed E-state index contributed by atoms with van der Waals surface area (Å²) in [6.07, 6.45) is -3.96. The molecule has 6 aliphatic rings. The van der Waals surface area contributed by atoms with Crippen LogP contribution in [0.4, 0.5) is 0 Å². The summed E-state index contributed by atoms with van der Waals surface area (Å²) < 4.78 is 22.9. The fourth-order valence-corrected chi connectivity index (χ4v) is 8.06. The van der Waals surface area contributed by atoms with E-state index in [4.69, 9.17) is 18.9 Å². The number of fused-ring (bicyclic) bond motifs is 1. The largest absolute Gasteiger partial charge is 0.459 e. The minimum absolute atomic E-state index is 0.0623. The van der Waals surface area contributed by atoms with Crippen LogP contribution in [0.15, 0.2) is 0 Å². The van der Waals surface area contributed by atoms with E-state index >= 15 is 0 Å². The van der Waals surface area contributed by atoms with Crippen LogP contribution < -0.4 is 0 Å². The molecule has 0 aromatic rings. The van der Waals surface area contributed by atoms with Gasteiger partial charge in [0, 0.05) is 6.42 Å². The number of aliphatic hydroxyl groups excluding tert-OH is 1. The lowest BCUT2D eigenvalue weighted by Gasteiger charge is -2.46. The Morgan fingerprint density at radius 3 is 2.38 bits per heavy atom. The molecule has 2 saturated carbocycles. The first-order valence-corrected chi connectivity index (χ1v) is 10.1. The summed E-state index contributed by atoms with van der Waals surface area (Å²) in [5.74, 6) is -3.52. The molecule has 6 rings (SSSR count). The molecule has 10 atom stereocenters. The van der Waals surface area contributed by atoms with Crippen LogP contribution in [0, 0.1) is 28.1 Å². The van der Waals surface area contributed by atoms with E-state index in [9.17, 15) is 24.6 Å². The van der Waals surface area contributed by atoms with Gasteiger partial charge in [0.1, 0.15) is 12.2 Å². The predicted molar refractivity (Wildman–Crippen MR) is 90.6 cm³/mol. The van der Waals surface area contributed by atoms with Crippen LogP contribution in [-0.4, -0.2) is 63.9 Å². The highest BCUT2D eigenvalue weighted by atomic mass is 16.8. The molecule has 4 unspecified atom stereocenters. The molecule has 9 heteroatoms. The average molecular weight is 408 g/mol. The van der Waals surface area contributed by atoms with Gasteiger partial charge in [0.05, 0.1) is 16.7 Å². The third-order valence-electron chi connectivity index (χ3n) is 8.97. The second kappa shape index (κ2) is 4.48. The van der Waals surface area contributed by atoms with E-state index in [-0.39, 0.29) is 17.8 Å². The number of hydrogen-bond acceptors (Lipinski definition) is 9. The van der Waals surface area contributed by atoms with Crippen molar-refractivity contribution in [3.63, 3.8) is 0 Å². The molecule has 2 spiro atoms. The molecule has 2 N–H and O–H groups in total. The van der Waals surface area contributed by atoms with Gasteiger partial charge in [-0.2, -0.15) is 0 Å². The van der Waals surface area contributed by atoms with Crippen LogP contribution in [0.3, 0.4) is 0 Å². The van der Waals surface area contributed by atoms with Crippen molar-refractivity contribution in [3.05, 3.63) is 0 Å². The van der Waals surface area contributed by atoms with Crippen molar-refractivity contribution >= 4 is 17.9 Å². The van der Waals surface area contributed by atoms with Crippen molar-refractivity contribution in [2.45, 2.75) is 76.3 Å². The number of rotatable bonds is 0. The number of carbonyl (C=O) groups is 3. The summed E-state index contributed by atoms with van der Waals surface area (Å²) in [6, 6.07) is 0. The Bertz CT molecular complexity index is 893. The van der Waals surface area contributed by atoms with Gasteiger partial charge in [-0.05, 0) is 24.7 Å². The normalized spacial score (nSPS) is 59.2. The maximum atomic E-state index is 13.3. The van der Waals surface area contributed by atoms with Gasteiger partial charge in [0.15, 0.2) is 11.7 Å². The topological polar surface area (TPSA) is 129 Å². The van der Waals surface area contributed by atoms with Gasteiger partial charge in [0.2, 0.25) is 11.9 Å². The highest BCUT2D eigenvalue weighted by Crippen LogP contribution is 2.84. The van der Waals surface area contributed by atoms with Crippen molar-refractivity contribution in [1.29, 1.82) is 0 Å². The highest BCUT2D eigenvalue weighted by molar-refractivity contribution is 5.93. The predicted octanol–water partition coefficient (Wildman–Crippen LogP) is -0.340. The summed E-state index contributed by atoms with van der Waals surface area (Å²) >= 11 is 0. The molecule has 158 valence electrons. The summed E-state index contributed by atoms with van der Waals surface area (Å²) in [6.45, 7) is 7.47. The SMILES string of the molecule is C[C@@H]1C(=O)O[C@H]2CC34[C@H]5C[C@@H](C(C)(C)C)C36C(OC(=O)C6O)O[C@@]4(C(=O)O5)[C@]21O. The molecule has 0 aromatic carbocycles. The van der Waals surface area contributed by atoms with E-state index in [0.29, 0.717) is 6.42 Å². The van der Waals surface area contributed by atoms with E-state index < -0.39 is 70.5 Å². The van der Waals surface area contributed by atoms with E-state index in [1.807, 2.05) is 20.8 Å². The van der Waals surface area contributed by atoms with Crippen LogP contribution >= 0.6 is 0 Å². The molecule has 4 saturated heterocycles. The van der Waals surface area contributed by atoms with Gasteiger partial charge < -0.3 is 29.2 Å². The number of esters is 3. The van der Waals surface area contributed by atoms with Crippen molar-refractivity contribution in [3.8, 4) is 0 Å². The Morgan fingerprint density at radius 2 is 1.72 bits per heavy atom. The zero-order valence-electron chi connectivity index (χ0n) is 16.6. The minimum Gasteiger partial charge on any atom is -0.459 e. The van der Waals surface area contributed by atoms with Crippen LogP contribution in [0.25, 0.3) is 0 Å². The molecule has 29 heavy (non-hydrogen) atoms. The van der Waals surface area contributed by atoms with Crippen LogP contribution in [0.2, 0.25) is 0 Å². The maximum Gasteiger partial charge on any atom is 0.342 e. The van der Waals surface area contributed by atoms with Gasteiger partial charge in [0.25, 0.3) is 0 Å². The number of ether oxygens (including phenoxy) is 4. The van der Waals surface area contributed by atoms with Crippen molar-refractivity contribution in [2.24, 2.45) is 28.1 Å². The molecule has 0 aromatic heterocycles. The van der Waals surface area contributed by atoms with Crippen LogP contribution in [0.5, 0.6) is 0 Å². The molecular formula is C20H24O9. The number of hydrogen-bond donors (Lipinski definition) is 2. The Morgan fingerprint density at radius 1 is 1.03 bits per heavy atom. The summed E-state index contributed by atoms with van der Waals surface area (Å²) in [5.41, 5.74) is -6.81. The van der Waals surface area contributed by atoms with E-state index in [1.54, 1.807) is 0 Å². The minimum atomic E-state index is -1.97. The lowest BCUT2D eigenvalue weighted by atomic mass is 9.51. The fraction of sp³-hybridized carbons (Fsp3) is 0.850. The van der Waals surface area contributed by atoms with Crippen LogP contribution in [0.1, 0.15) is 40.5 Å². The molecule has 2 aliphatic carbocycles. The molecule has 6 fully saturated rings. The third kappa shape index (κ3) is 1.35. The molecule has 4 heterocycles. The molecule has 0 amide bonds. The van der Waals surface area contributed by atoms with Gasteiger partial charge in [-0.1, -0.05) is 20.8 Å². The highest BCUT2D eigenvalue weighted by Gasteiger charge is 3.01. The first kappa shape index (κ1) is 18.1. The molecule has 4 aliphatic heterocycles. The average Bonchev–Trinajstić information content (AvgIpc) is 3.31. The van der Waals surface area contributed by atoms with Gasteiger partial charge in [-0.3, -0.25) is 4.79 Å². The summed E-state index contributed by atoms with van der Waals surface area (Å²) in [5, 5.41) is 23.0. The van der Waals surface area contributed by atoms with Crippen molar-refractivity contribution < 1.29 is 43.5 Å². The maximum absolute atomic E-state index is 13.3. The Hall–Kier alpha value is -1.71. The summed E-state index contributed by atoms with van der Waals surface area (Å²) in [4.78, 5) is 38.1. The monoisotopic (exact) mass is 408 g/mol. The lowest BCUT2D eigenvalue weighted by molar-refractivity contribution is -0.238. The second-order valence-electron chi connectivity index (χ2n) is 10.6.